The van der Waals surface area contributed by atoms with Crippen molar-refractivity contribution in [3.05, 3.63) is 53.6 Å². The molecule has 5 heteroatoms. The molecule has 0 saturated heterocycles. The second-order valence-electron chi connectivity index (χ2n) is 5.78. The predicted octanol–water partition coefficient (Wildman–Crippen LogP) is 2.84. The van der Waals surface area contributed by atoms with Gasteiger partial charge < -0.3 is 10.1 Å². The quantitative estimate of drug-likeness (QED) is 0.694. The fourth-order valence-electron chi connectivity index (χ4n) is 2.85. The van der Waals surface area contributed by atoms with Crippen LogP contribution in [0.15, 0.2) is 42.5 Å². The first kappa shape index (κ1) is 15.9. The lowest BCUT2D eigenvalue weighted by molar-refractivity contribution is -0.143. The molecule has 1 aliphatic rings. The monoisotopic (exact) mass is 323 g/mol. The summed E-state index contributed by atoms with van der Waals surface area (Å²) in [6.07, 6.45) is 1.40. The zero-order valence-electron chi connectivity index (χ0n) is 13.2. The summed E-state index contributed by atoms with van der Waals surface area (Å²) in [5, 5.41) is 2.87. The molecule has 3 rings (SSSR count). The molecule has 0 spiro atoms. The van der Waals surface area contributed by atoms with Crippen molar-refractivity contribution in [1.82, 2.24) is 0 Å². The van der Waals surface area contributed by atoms with Crippen LogP contribution in [-0.4, -0.2) is 25.3 Å². The van der Waals surface area contributed by atoms with Crippen molar-refractivity contribution in [3.63, 3.8) is 0 Å². The van der Waals surface area contributed by atoms with E-state index >= 15 is 0 Å². The number of fused-ring (bicyclic) bond motifs is 1. The number of hydrogen-bond acceptors (Lipinski definition) is 4. The first-order chi connectivity index (χ1) is 11.6. The Labute approximate surface area is 139 Å². The lowest BCUT2D eigenvalue weighted by Gasteiger charge is -2.24. The van der Waals surface area contributed by atoms with Gasteiger partial charge in [0.05, 0.1) is 19.4 Å². The van der Waals surface area contributed by atoms with Crippen LogP contribution in [0, 0.1) is 5.92 Å². The molecule has 2 aromatic carbocycles. The van der Waals surface area contributed by atoms with Gasteiger partial charge in [0.15, 0.2) is 0 Å². The Morgan fingerprint density at radius 3 is 2.58 bits per heavy atom. The highest BCUT2D eigenvalue weighted by Gasteiger charge is 2.28. The van der Waals surface area contributed by atoms with Crippen molar-refractivity contribution >= 4 is 23.9 Å². The van der Waals surface area contributed by atoms with Crippen LogP contribution in [0.3, 0.4) is 0 Å². The van der Waals surface area contributed by atoms with Crippen LogP contribution in [0.5, 0.6) is 0 Å². The maximum Gasteiger partial charge on any atom is 0.306 e. The van der Waals surface area contributed by atoms with Crippen molar-refractivity contribution in [2.45, 2.75) is 12.8 Å². The molecule has 1 heterocycles. The van der Waals surface area contributed by atoms with E-state index in [0.29, 0.717) is 12.0 Å². The van der Waals surface area contributed by atoms with E-state index in [1.807, 2.05) is 30.3 Å². The summed E-state index contributed by atoms with van der Waals surface area (Å²) in [7, 11) is 1.32. The molecule has 5 nitrogen and oxygen atoms in total. The molecule has 1 aliphatic heterocycles. The molecule has 0 radical (unpaired) electrons. The van der Waals surface area contributed by atoms with Gasteiger partial charge in [0.1, 0.15) is 6.29 Å². The Hall–Kier alpha value is -2.95. The van der Waals surface area contributed by atoms with E-state index in [0.717, 1.165) is 28.7 Å². The summed E-state index contributed by atoms with van der Waals surface area (Å²) in [5.74, 6) is -0.950. The van der Waals surface area contributed by atoms with Crippen LogP contribution in [0.4, 0.5) is 5.69 Å². The summed E-state index contributed by atoms with van der Waals surface area (Å²) < 4.78 is 4.64. The summed E-state index contributed by atoms with van der Waals surface area (Å²) in [6.45, 7) is 0. The van der Waals surface area contributed by atoms with E-state index in [2.05, 4.69) is 10.1 Å². The molecule has 0 fully saturated rings. The van der Waals surface area contributed by atoms with E-state index in [9.17, 15) is 14.4 Å². The van der Waals surface area contributed by atoms with Crippen LogP contribution >= 0.6 is 0 Å². The highest BCUT2D eigenvalue weighted by atomic mass is 16.5. The molecule has 24 heavy (non-hydrogen) atoms. The number of esters is 1. The number of aldehydes is 1. The minimum absolute atomic E-state index is 0.0800. The van der Waals surface area contributed by atoms with Crippen LogP contribution in [0.1, 0.15) is 22.3 Å². The van der Waals surface area contributed by atoms with Crippen molar-refractivity contribution in [1.29, 1.82) is 0 Å². The summed E-state index contributed by atoms with van der Waals surface area (Å²) in [5.41, 5.74) is 4.30. The van der Waals surface area contributed by atoms with Crippen LogP contribution in [-0.2, 0) is 20.7 Å². The SMILES string of the molecule is COC(=O)CC1Cc2ccc(-c3ccc(C=O)cc3)cc2NC1=O. The average Bonchev–Trinajstić information content (AvgIpc) is 2.62. The Balaban J connectivity index is 1.84. The Bertz CT molecular complexity index is 796. The lowest BCUT2D eigenvalue weighted by Crippen LogP contribution is -2.31. The van der Waals surface area contributed by atoms with Crippen molar-refractivity contribution in [3.8, 4) is 11.1 Å². The number of nitrogens with one attached hydrogen (secondary N) is 1. The Morgan fingerprint density at radius 1 is 1.21 bits per heavy atom. The van der Waals surface area contributed by atoms with Crippen molar-refractivity contribution < 1.29 is 19.1 Å². The third kappa shape index (κ3) is 3.20. The van der Waals surface area contributed by atoms with Gasteiger partial charge in [-0.1, -0.05) is 36.4 Å². The topological polar surface area (TPSA) is 72.5 Å². The fourth-order valence-corrected chi connectivity index (χ4v) is 2.85. The summed E-state index contributed by atoms with van der Waals surface area (Å²) in [6, 6.07) is 13.1. The maximum atomic E-state index is 12.2. The van der Waals surface area contributed by atoms with Gasteiger partial charge in [0.2, 0.25) is 5.91 Å². The second kappa shape index (κ2) is 6.66. The van der Waals surface area contributed by atoms with Crippen LogP contribution < -0.4 is 5.32 Å². The molecule has 1 unspecified atom stereocenters. The number of carbonyl (C=O) groups excluding carboxylic acids is 3. The van der Waals surface area contributed by atoms with E-state index < -0.39 is 5.92 Å². The standard InChI is InChI=1S/C19H17NO4/c1-24-18(22)10-16-8-15-7-6-14(9-17(15)20-19(16)23)13-4-2-12(11-21)3-5-13/h2-7,9,11,16H,8,10H2,1H3,(H,20,23). The number of hydrogen-bond donors (Lipinski definition) is 1. The van der Waals surface area contributed by atoms with Gasteiger partial charge in [-0.25, -0.2) is 0 Å². The number of anilines is 1. The van der Waals surface area contributed by atoms with Gasteiger partial charge in [-0.2, -0.15) is 0 Å². The zero-order chi connectivity index (χ0) is 17.1. The second-order valence-corrected chi connectivity index (χ2v) is 5.78. The first-order valence-corrected chi connectivity index (χ1v) is 7.67. The minimum atomic E-state index is -0.400. The van der Waals surface area contributed by atoms with Gasteiger partial charge in [-0.3, -0.25) is 14.4 Å². The molecule has 0 aromatic heterocycles. The lowest BCUT2D eigenvalue weighted by atomic mass is 9.89. The molecule has 1 N–H and O–H groups in total. The van der Waals surface area contributed by atoms with Gasteiger partial charge >= 0.3 is 5.97 Å². The number of rotatable bonds is 4. The van der Waals surface area contributed by atoms with Gasteiger partial charge in [0, 0.05) is 11.3 Å². The van der Waals surface area contributed by atoms with Gasteiger partial charge in [-0.05, 0) is 29.2 Å². The fraction of sp³-hybridized carbons (Fsp3) is 0.211. The number of ether oxygens (including phenoxy) is 1. The van der Waals surface area contributed by atoms with E-state index in [-0.39, 0.29) is 18.3 Å². The Morgan fingerprint density at radius 2 is 1.92 bits per heavy atom. The first-order valence-electron chi connectivity index (χ1n) is 7.67. The predicted molar refractivity (Wildman–Crippen MR) is 89.7 cm³/mol. The zero-order valence-corrected chi connectivity index (χ0v) is 13.2. The molecular weight excluding hydrogens is 306 g/mol. The molecule has 1 amide bonds. The van der Waals surface area contributed by atoms with Gasteiger partial charge in [0.25, 0.3) is 0 Å². The largest absolute Gasteiger partial charge is 0.469 e. The number of benzene rings is 2. The molecule has 1 atom stereocenters. The Kier molecular flexibility index (Phi) is 4.42. The number of carbonyl (C=O) groups is 3. The molecule has 122 valence electrons. The highest BCUT2D eigenvalue weighted by Crippen LogP contribution is 2.31. The summed E-state index contributed by atoms with van der Waals surface area (Å²) >= 11 is 0. The third-order valence-corrected chi connectivity index (χ3v) is 4.23. The summed E-state index contributed by atoms with van der Waals surface area (Å²) in [4.78, 5) is 34.3. The van der Waals surface area contributed by atoms with E-state index in [4.69, 9.17) is 0 Å². The van der Waals surface area contributed by atoms with E-state index in [1.165, 1.54) is 7.11 Å². The molecule has 0 aliphatic carbocycles. The highest BCUT2D eigenvalue weighted by molar-refractivity contribution is 5.98. The molecule has 2 aromatic rings. The van der Waals surface area contributed by atoms with Crippen LogP contribution in [0.2, 0.25) is 0 Å². The van der Waals surface area contributed by atoms with Crippen molar-refractivity contribution in [2.24, 2.45) is 5.92 Å². The smallest absolute Gasteiger partial charge is 0.306 e. The number of methoxy groups -OCH3 is 1. The number of amides is 1. The van der Waals surface area contributed by atoms with Crippen LogP contribution in [0.25, 0.3) is 11.1 Å². The average molecular weight is 323 g/mol. The normalized spacial score (nSPS) is 16.0. The minimum Gasteiger partial charge on any atom is -0.469 e. The maximum absolute atomic E-state index is 12.2. The van der Waals surface area contributed by atoms with E-state index in [1.54, 1.807) is 12.1 Å². The molecular formula is C19H17NO4. The molecule has 0 saturated carbocycles. The third-order valence-electron chi connectivity index (χ3n) is 4.23. The molecule has 0 bridgehead atoms. The van der Waals surface area contributed by atoms with Gasteiger partial charge in [-0.15, -0.1) is 0 Å². The van der Waals surface area contributed by atoms with Crippen molar-refractivity contribution in [2.75, 3.05) is 12.4 Å².